The normalized spacial score (nSPS) is 25.7. The summed E-state index contributed by atoms with van der Waals surface area (Å²) in [5.41, 5.74) is 5.73. The molecular formula is C18H18O2S. The van der Waals surface area contributed by atoms with Gasteiger partial charge >= 0.3 is 0 Å². The molecule has 0 aliphatic heterocycles. The van der Waals surface area contributed by atoms with Gasteiger partial charge in [0.05, 0.1) is 0 Å². The second-order valence-electron chi connectivity index (χ2n) is 6.13. The lowest BCUT2D eigenvalue weighted by Crippen LogP contribution is -2.32. The predicted molar refractivity (Wildman–Crippen MR) is 84.5 cm³/mol. The minimum absolute atomic E-state index is 0.313. The molecule has 0 saturated heterocycles. The Kier molecular flexibility index (Phi) is 3.11. The lowest BCUT2D eigenvalue weighted by Gasteiger charge is -2.45. The third-order valence-electron chi connectivity index (χ3n) is 5.11. The second kappa shape index (κ2) is 4.99. The van der Waals surface area contributed by atoms with E-state index in [2.05, 4.69) is 48.5 Å². The SMILES string of the molecule is O=[SH](=O)CCC1CC2c3ccccc3C1c1ccccc12. The third-order valence-corrected chi connectivity index (χ3v) is 5.73. The molecule has 3 heteroatoms. The van der Waals surface area contributed by atoms with Gasteiger partial charge in [-0.25, -0.2) is 8.42 Å². The number of hydrogen-bond acceptors (Lipinski definition) is 2. The Balaban J connectivity index is 1.82. The summed E-state index contributed by atoms with van der Waals surface area (Å²) in [7, 11) is -2.27. The van der Waals surface area contributed by atoms with Gasteiger partial charge in [0.1, 0.15) is 10.7 Å². The van der Waals surface area contributed by atoms with Crippen molar-refractivity contribution in [3.8, 4) is 0 Å². The Morgan fingerprint density at radius 1 is 0.857 bits per heavy atom. The molecule has 0 radical (unpaired) electrons. The van der Waals surface area contributed by atoms with E-state index in [0.717, 1.165) is 12.8 Å². The summed E-state index contributed by atoms with van der Waals surface area (Å²) < 4.78 is 22.0. The van der Waals surface area contributed by atoms with E-state index in [-0.39, 0.29) is 0 Å². The van der Waals surface area contributed by atoms with Gasteiger partial charge in [-0.15, -0.1) is 0 Å². The van der Waals surface area contributed by atoms with Crippen LogP contribution >= 0.6 is 0 Å². The van der Waals surface area contributed by atoms with E-state index < -0.39 is 10.7 Å². The van der Waals surface area contributed by atoms with Gasteiger partial charge in [0.25, 0.3) is 0 Å². The fourth-order valence-corrected chi connectivity index (χ4v) is 4.86. The summed E-state index contributed by atoms with van der Waals surface area (Å²) in [6.07, 6.45) is 1.87. The summed E-state index contributed by atoms with van der Waals surface area (Å²) >= 11 is 0. The summed E-state index contributed by atoms with van der Waals surface area (Å²) in [4.78, 5) is 0. The molecule has 2 nitrogen and oxygen atoms in total. The van der Waals surface area contributed by atoms with Gasteiger partial charge in [-0.05, 0) is 41.0 Å². The molecule has 3 aliphatic rings. The molecule has 2 aromatic carbocycles. The maximum absolute atomic E-state index is 11.0. The van der Waals surface area contributed by atoms with Crippen LogP contribution in [0.4, 0.5) is 0 Å². The molecular weight excluding hydrogens is 280 g/mol. The molecule has 5 rings (SSSR count). The zero-order chi connectivity index (χ0) is 14.4. The Labute approximate surface area is 126 Å². The minimum Gasteiger partial charge on any atom is -0.232 e. The quantitative estimate of drug-likeness (QED) is 0.882. The van der Waals surface area contributed by atoms with Crippen LogP contribution < -0.4 is 0 Å². The van der Waals surface area contributed by atoms with Crippen molar-refractivity contribution in [2.75, 3.05) is 5.75 Å². The molecule has 21 heavy (non-hydrogen) atoms. The van der Waals surface area contributed by atoms with Gasteiger partial charge in [0, 0.05) is 17.6 Å². The molecule has 0 saturated carbocycles. The highest BCUT2D eigenvalue weighted by Crippen LogP contribution is 2.56. The average Bonchev–Trinajstić information content (AvgIpc) is 2.53. The first kappa shape index (κ1) is 13.1. The number of hydrogen-bond donors (Lipinski definition) is 1. The molecule has 0 spiro atoms. The van der Waals surface area contributed by atoms with E-state index in [9.17, 15) is 8.42 Å². The molecule has 108 valence electrons. The van der Waals surface area contributed by atoms with Crippen LogP contribution in [-0.4, -0.2) is 14.2 Å². The molecule has 0 fully saturated rings. The fraction of sp³-hybridized carbons (Fsp3) is 0.333. The second-order valence-corrected chi connectivity index (χ2v) is 7.24. The fourth-order valence-electron chi connectivity index (χ4n) is 4.31. The Bertz CT molecular complexity index is 708. The van der Waals surface area contributed by atoms with Crippen LogP contribution in [0, 0.1) is 5.92 Å². The van der Waals surface area contributed by atoms with E-state index >= 15 is 0 Å². The summed E-state index contributed by atoms with van der Waals surface area (Å²) in [6.45, 7) is 0. The van der Waals surface area contributed by atoms with Crippen LogP contribution in [0.1, 0.15) is 46.9 Å². The van der Waals surface area contributed by atoms with Crippen molar-refractivity contribution >= 4 is 10.7 Å². The van der Waals surface area contributed by atoms with Crippen LogP contribution in [-0.2, 0) is 10.7 Å². The molecule has 3 aliphatic carbocycles. The van der Waals surface area contributed by atoms with Gasteiger partial charge in [-0.2, -0.15) is 0 Å². The van der Waals surface area contributed by atoms with Crippen LogP contribution in [0.15, 0.2) is 48.5 Å². The Morgan fingerprint density at radius 3 is 1.90 bits per heavy atom. The van der Waals surface area contributed by atoms with Gasteiger partial charge < -0.3 is 0 Å². The molecule has 0 heterocycles. The Hall–Kier alpha value is -1.61. The molecule has 1 unspecified atom stereocenters. The van der Waals surface area contributed by atoms with E-state index in [4.69, 9.17) is 0 Å². The van der Waals surface area contributed by atoms with Gasteiger partial charge in [0.15, 0.2) is 0 Å². The molecule has 0 N–H and O–H groups in total. The highest BCUT2D eigenvalue weighted by molar-refractivity contribution is 7.72. The van der Waals surface area contributed by atoms with Crippen molar-refractivity contribution in [3.05, 3.63) is 70.8 Å². The van der Waals surface area contributed by atoms with Gasteiger partial charge in [0.2, 0.25) is 0 Å². The average molecular weight is 298 g/mol. The van der Waals surface area contributed by atoms with Crippen LogP contribution in [0.25, 0.3) is 0 Å². The summed E-state index contributed by atoms with van der Waals surface area (Å²) in [5, 5.41) is 0. The molecule has 2 bridgehead atoms. The number of benzene rings is 2. The van der Waals surface area contributed by atoms with Crippen LogP contribution in [0.3, 0.4) is 0 Å². The maximum Gasteiger partial charge on any atom is 0.140 e. The summed E-state index contributed by atoms with van der Waals surface area (Å²) in [6, 6.07) is 17.4. The van der Waals surface area contributed by atoms with E-state index in [1.54, 1.807) is 0 Å². The van der Waals surface area contributed by atoms with E-state index in [1.165, 1.54) is 22.3 Å². The standard InChI is InChI=1S/C18H18O2S/c19-21(20)10-9-12-11-17-13-5-1-3-7-15(13)18(12)16-8-4-2-6-14(16)17/h1-8,12,17-18,21H,9-11H2. The maximum atomic E-state index is 11.0. The lowest BCUT2D eigenvalue weighted by molar-refractivity contribution is 0.348. The van der Waals surface area contributed by atoms with Crippen molar-refractivity contribution in [2.45, 2.75) is 24.7 Å². The predicted octanol–water partition coefficient (Wildman–Crippen LogP) is 3.29. The zero-order valence-corrected chi connectivity index (χ0v) is 12.6. The number of rotatable bonds is 3. The number of thiol groups is 1. The third kappa shape index (κ3) is 2.03. The largest absolute Gasteiger partial charge is 0.232 e. The first-order valence-electron chi connectivity index (χ1n) is 7.55. The number of fused-ring (bicyclic) bond motifs is 1. The van der Waals surface area contributed by atoms with Crippen LogP contribution in [0.2, 0.25) is 0 Å². The molecule has 1 atom stereocenters. The van der Waals surface area contributed by atoms with E-state index in [0.29, 0.717) is 23.5 Å². The van der Waals surface area contributed by atoms with Crippen molar-refractivity contribution in [3.63, 3.8) is 0 Å². The molecule has 0 aromatic heterocycles. The Morgan fingerprint density at radius 2 is 1.38 bits per heavy atom. The first-order chi connectivity index (χ1) is 10.3. The smallest absolute Gasteiger partial charge is 0.140 e. The van der Waals surface area contributed by atoms with Crippen LogP contribution in [0.5, 0.6) is 0 Å². The highest BCUT2D eigenvalue weighted by atomic mass is 32.2. The lowest BCUT2D eigenvalue weighted by atomic mass is 9.58. The summed E-state index contributed by atoms with van der Waals surface area (Å²) in [5.74, 6) is 1.58. The minimum atomic E-state index is -2.27. The highest BCUT2D eigenvalue weighted by Gasteiger charge is 2.42. The van der Waals surface area contributed by atoms with Crippen molar-refractivity contribution in [2.24, 2.45) is 5.92 Å². The molecule has 0 amide bonds. The van der Waals surface area contributed by atoms with Crippen molar-refractivity contribution in [1.29, 1.82) is 0 Å². The van der Waals surface area contributed by atoms with Crippen molar-refractivity contribution < 1.29 is 8.42 Å². The van der Waals surface area contributed by atoms with E-state index in [1.807, 2.05) is 0 Å². The monoisotopic (exact) mass is 298 g/mol. The first-order valence-corrected chi connectivity index (χ1v) is 8.91. The molecule has 2 aromatic rings. The van der Waals surface area contributed by atoms with Crippen molar-refractivity contribution in [1.82, 2.24) is 0 Å². The van der Waals surface area contributed by atoms with Gasteiger partial charge in [-0.3, -0.25) is 0 Å². The van der Waals surface area contributed by atoms with Gasteiger partial charge in [-0.1, -0.05) is 48.5 Å². The topological polar surface area (TPSA) is 34.1 Å². The zero-order valence-electron chi connectivity index (χ0n) is 11.7.